The van der Waals surface area contributed by atoms with Gasteiger partial charge in [-0.05, 0) is 54.9 Å². The third-order valence-electron chi connectivity index (χ3n) is 4.66. The molecule has 0 aliphatic rings. The minimum Gasteiger partial charge on any atom is -0.361 e. The third-order valence-corrected chi connectivity index (χ3v) is 5.51. The van der Waals surface area contributed by atoms with Gasteiger partial charge >= 0.3 is 0 Å². The van der Waals surface area contributed by atoms with Crippen molar-refractivity contribution in [2.75, 3.05) is 11.9 Å². The van der Waals surface area contributed by atoms with Crippen LogP contribution in [-0.4, -0.2) is 11.5 Å². The van der Waals surface area contributed by atoms with Crippen LogP contribution in [0.5, 0.6) is 0 Å². The molecule has 1 atom stereocenters. The van der Waals surface area contributed by atoms with Gasteiger partial charge < -0.3 is 5.32 Å². The molecule has 0 amide bonds. The van der Waals surface area contributed by atoms with Gasteiger partial charge in [0.25, 0.3) is 0 Å². The summed E-state index contributed by atoms with van der Waals surface area (Å²) in [6.45, 7) is 7.59. The zero-order valence-electron chi connectivity index (χ0n) is 15.3. The Hall–Kier alpha value is -2.13. The van der Waals surface area contributed by atoms with Crippen molar-refractivity contribution in [3.8, 4) is 0 Å². The Morgan fingerprint density at radius 2 is 1.68 bits per heavy atom. The van der Waals surface area contributed by atoms with Gasteiger partial charge in [-0.3, -0.25) is 0 Å². The predicted octanol–water partition coefficient (Wildman–Crippen LogP) is 5.76. The maximum absolute atomic E-state index is 4.74. The maximum Gasteiger partial charge on any atom is 0.182 e. The first-order chi connectivity index (χ1) is 12.1. The highest BCUT2D eigenvalue weighted by atomic mass is 32.1. The van der Waals surface area contributed by atoms with Gasteiger partial charge in [0.15, 0.2) is 5.13 Å². The summed E-state index contributed by atoms with van der Waals surface area (Å²) >= 11 is 1.71. The molecule has 0 saturated carbocycles. The van der Waals surface area contributed by atoms with Crippen LogP contribution in [0.4, 0.5) is 5.13 Å². The number of rotatable bonds is 7. The van der Waals surface area contributed by atoms with Crippen LogP contribution in [0.1, 0.15) is 40.8 Å². The first-order valence-electron chi connectivity index (χ1n) is 8.92. The second-order valence-electron chi connectivity index (χ2n) is 6.72. The molecule has 0 aliphatic heterocycles. The summed E-state index contributed by atoms with van der Waals surface area (Å²) in [7, 11) is 0. The average molecular weight is 351 g/mol. The Bertz CT molecular complexity index is 788. The van der Waals surface area contributed by atoms with Crippen LogP contribution in [0.2, 0.25) is 0 Å². The lowest BCUT2D eigenvalue weighted by Gasteiger charge is -2.17. The van der Waals surface area contributed by atoms with Crippen molar-refractivity contribution in [2.45, 2.75) is 39.5 Å². The summed E-state index contributed by atoms with van der Waals surface area (Å²) in [6, 6.07) is 17.1. The summed E-state index contributed by atoms with van der Waals surface area (Å²) in [5.41, 5.74) is 6.74. The molecule has 1 unspecified atom stereocenters. The normalized spacial score (nSPS) is 12.1. The lowest BCUT2D eigenvalue weighted by atomic mass is 9.92. The van der Waals surface area contributed by atoms with Crippen LogP contribution in [0.3, 0.4) is 0 Å². The number of thiazole rings is 1. The summed E-state index contributed by atoms with van der Waals surface area (Å²) in [5.74, 6) is 0.470. The Morgan fingerprint density at radius 1 is 0.960 bits per heavy atom. The first kappa shape index (κ1) is 17.7. The van der Waals surface area contributed by atoms with Gasteiger partial charge in [0.05, 0.1) is 5.69 Å². The van der Waals surface area contributed by atoms with Gasteiger partial charge in [-0.2, -0.15) is 0 Å². The fourth-order valence-electron chi connectivity index (χ4n) is 3.37. The van der Waals surface area contributed by atoms with Gasteiger partial charge in [-0.25, -0.2) is 4.98 Å². The van der Waals surface area contributed by atoms with E-state index in [-0.39, 0.29) is 0 Å². The highest BCUT2D eigenvalue weighted by Gasteiger charge is 2.12. The molecule has 25 heavy (non-hydrogen) atoms. The van der Waals surface area contributed by atoms with Crippen molar-refractivity contribution < 1.29 is 0 Å². The summed E-state index contributed by atoms with van der Waals surface area (Å²) in [5, 5.41) is 6.73. The van der Waals surface area contributed by atoms with Crippen molar-refractivity contribution in [1.29, 1.82) is 0 Å². The maximum atomic E-state index is 4.74. The van der Waals surface area contributed by atoms with E-state index < -0.39 is 0 Å². The van der Waals surface area contributed by atoms with E-state index in [1.54, 1.807) is 11.3 Å². The number of aromatic nitrogens is 1. The van der Waals surface area contributed by atoms with E-state index in [0.717, 1.165) is 24.5 Å². The Morgan fingerprint density at radius 3 is 2.40 bits per heavy atom. The molecule has 130 valence electrons. The fourth-order valence-corrected chi connectivity index (χ4v) is 4.12. The van der Waals surface area contributed by atoms with E-state index in [9.17, 15) is 0 Å². The largest absolute Gasteiger partial charge is 0.361 e. The number of benzene rings is 2. The molecule has 0 bridgehead atoms. The highest BCUT2D eigenvalue weighted by Crippen LogP contribution is 2.25. The Kier molecular flexibility index (Phi) is 5.87. The molecule has 0 radical (unpaired) electrons. The molecular weight excluding hydrogens is 324 g/mol. The van der Waals surface area contributed by atoms with E-state index in [1.807, 2.05) is 0 Å². The summed E-state index contributed by atoms with van der Waals surface area (Å²) < 4.78 is 0. The van der Waals surface area contributed by atoms with E-state index >= 15 is 0 Å². The van der Waals surface area contributed by atoms with Crippen LogP contribution in [0.15, 0.2) is 53.9 Å². The van der Waals surface area contributed by atoms with Crippen LogP contribution < -0.4 is 5.32 Å². The first-order valence-corrected chi connectivity index (χ1v) is 9.80. The van der Waals surface area contributed by atoms with E-state index in [1.165, 1.54) is 27.9 Å². The molecule has 0 aliphatic carbocycles. The molecule has 1 N–H and O–H groups in total. The van der Waals surface area contributed by atoms with Crippen LogP contribution >= 0.6 is 11.3 Å². The standard InChI is InChI=1S/C22H26N2S/c1-16-8-7-9-17(2)21(16)18(3)14-23-22-24-20(15-25-22)13-12-19-10-5-4-6-11-19/h4-11,15,18H,12-14H2,1-3H3,(H,23,24). The van der Waals surface area contributed by atoms with Crippen molar-refractivity contribution >= 4 is 16.5 Å². The molecule has 0 saturated heterocycles. The van der Waals surface area contributed by atoms with Crippen LogP contribution in [-0.2, 0) is 12.8 Å². The number of aryl methyl sites for hydroxylation is 4. The minimum atomic E-state index is 0.470. The summed E-state index contributed by atoms with van der Waals surface area (Å²) in [4.78, 5) is 4.74. The van der Waals surface area contributed by atoms with Crippen molar-refractivity contribution in [3.63, 3.8) is 0 Å². The minimum absolute atomic E-state index is 0.470. The zero-order valence-corrected chi connectivity index (χ0v) is 16.1. The van der Waals surface area contributed by atoms with Crippen LogP contribution in [0.25, 0.3) is 0 Å². The fraction of sp³-hybridized carbons (Fsp3) is 0.318. The second kappa shape index (κ2) is 8.30. The molecule has 1 heterocycles. The third kappa shape index (κ3) is 4.70. The number of nitrogens with zero attached hydrogens (tertiary/aromatic N) is 1. The quantitative estimate of drug-likeness (QED) is 0.586. The lowest BCUT2D eigenvalue weighted by Crippen LogP contribution is -2.12. The highest BCUT2D eigenvalue weighted by molar-refractivity contribution is 7.13. The lowest BCUT2D eigenvalue weighted by molar-refractivity contribution is 0.788. The van der Waals surface area contributed by atoms with Gasteiger partial charge in [0.2, 0.25) is 0 Å². The molecule has 3 heteroatoms. The molecule has 2 aromatic carbocycles. The van der Waals surface area contributed by atoms with Gasteiger partial charge in [-0.1, -0.05) is 55.5 Å². The predicted molar refractivity (Wildman–Crippen MR) is 109 cm³/mol. The number of hydrogen-bond acceptors (Lipinski definition) is 3. The van der Waals surface area contributed by atoms with Crippen molar-refractivity contribution in [2.24, 2.45) is 0 Å². The summed E-state index contributed by atoms with van der Waals surface area (Å²) in [6.07, 6.45) is 2.04. The van der Waals surface area contributed by atoms with Gasteiger partial charge in [-0.15, -0.1) is 11.3 Å². The Labute approximate surface area is 155 Å². The van der Waals surface area contributed by atoms with E-state index in [4.69, 9.17) is 4.98 Å². The topological polar surface area (TPSA) is 24.9 Å². The number of hydrogen-bond donors (Lipinski definition) is 1. The second-order valence-corrected chi connectivity index (χ2v) is 7.58. The average Bonchev–Trinajstić information content (AvgIpc) is 3.07. The molecule has 3 aromatic rings. The SMILES string of the molecule is Cc1cccc(C)c1C(C)CNc1nc(CCc2ccccc2)cs1. The van der Waals surface area contributed by atoms with Crippen molar-refractivity contribution in [1.82, 2.24) is 4.98 Å². The molecule has 2 nitrogen and oxygen atoms in total. The molecule has 3 rings (SSSR count). The van der Waals surface area contributed by atoms with E-state index in [0.29, 0.717) is 5.92 Å². The molecule has 0 spiro atoms. The van der Waals surface area contributed by atoms with Crippen molar-refractivity contribution in [3.05, 3.63) is 81.9 Å². The molecular formula is C22H26N2S. The zero-order chi connectivity index (χ0) is 17.6. The van der Waals surface area contributed by atoms with E-state index in [2.05, 4.69) is 80.0 Å². The number of nitrogens with one attached hydrogen (secondary N) is 1. The number of anilines is 1. The van der Waals surface area contributed by atoms with Crippen LogP contribution in [0, 0.1) is 13.8 Å². The Balaban J connectivity index is 1.55. The molecule has 0 fully saturated rings. The smallest absolute Gasteiger partial charge is 0.182 e. The molecule has 1 aromatic heterocycles. The van der Waals surface area contributed by atoms with Gasteiger partial charge in [0.1, 0.15) is 0 Å². The van der Waals surface area contributed by atoms with Gasteiger partial charge in [0, 0.05) is 11.9 Å². The monoisotopic (exact) mass is 350 g/mol.